The Kier molecular flexibility index (Phi) is 6.80. The van der Waals surface area contributed by atoms with E-state index in [2.05, 4.69) is 0 Å². The highest BCUT2D eigenvalue weighted by atomic mass is 16.5. The number of carbonyl (C=O) groups is 4. The standard InChI is InChI=1S/C25H20O7/c1-30-17-10-8-15(9-11-17)22(26)24(28)20-6-4-5-7-21(20)25(29)23(27)16-12-18(31-2)14-19(13-16)32-3/h4-14H,1-3H3. The fourth-order valence-corrected chi connectivity index (χ4v) is 3.07. The van der Waals surface area contributed by atoms with E-state index in [4.69, 9.17) is 14.2 Å². The molecule has 0 N–H and O–H groups in total. The van der Waals surface area contributed by atoms with Crippen LogP contribution in [0.5, 0.6) is 17.2 Å². The average molecular weight is 432 g/mol. The molecule has 0 aliphatic heterocycles. The molecule has 7 heteroatoms. The number of rotatable bonds is 9. The normalized spacial score (nSPS) is 10.2. The van der Waals surface area contributed by atoms with Crippen LogP contribution in [0.2, 0.25) is 0 Å². The maximum Gasteiger partial charge on any atom is 0.234 e. The molecular weight excluding hydrogens is 412 g/mol. The molecule has 0 radical (unpaired) electrons. The van der Waals surface area contributed by atoms with E-state index in [-0.39, 0.29) is 22.3 Å². The number of benzene rings is 3. The molecule has 0 fully saturated rings. The summed E-state index contributed by atoms with van der Waals surface area (Å²) in [6.45, 7) is 0. The summed E-state index contributed by atoms with van der Waals surface area (Å²) in [6.07, 6.45) is 0. The third kappa shape index (κ3) is 4.57. The molecule has 0 unspecified atom stereocenters. The van der Waals surface area contributed by atoms with E-state index in [0.29, 0.717) is 17.2 Å². The van der Waals surface area contributed by atoms with Crippen molar-refractivity contribution in [1.29, 1.82) is 0 Å². The fourth-order valence-electron chi connectivity index (χ4n) is 3.07. The zero-order valence-electron chi connectivity index (χ0n) is 17.7. The van der Waals surface area contributed by atoms with E-state index in [9.17, 15) is 19.2 Å². The van der Waals surface area contributed by atoms with E-state index in [0.717, 1.165) is 0 Å². The molecule has 0 saturated carbocycles. The van der Waals surface area contributed by atoms with E-state index in [1.165, 1.54) is 69.9 Å². The highest BCUT2D eigenvalue weighted by Crippen LogP contribution is 2.24. The van der Waals surface area contributed by atoms with Gasteiger partial charge in [0.2, 0.25) is 23.1 Å². The molecule has 3 aromatic rings. The lowest BCUT2D eigenvalue weighted by Gasteiger charge is -2.09. The predicted molar refractivity (Wildman–Crippen MR) is 116 cm³/mol. The number of hydrogen-bond acceptors (Lipinski definition) is 7. The minimum Gasteiger partial charge on any atom is -0.497 e. The van der Waals surface area contributed by atoms with Crippen LogP contribution in [0.25, 0.3) is 0 Å². The SMILES string of the molecule is COc1ccc(C(=O)C(=O)c2ccccc2C(=O)C(=O)c2cc(OC)cc(OC)c2)cc1. The molecule has 3 aromatic carbocycles. The van der Waals surface area contributed by atoms with Crippen molar-refractivity contribution in [1.82, 2.24) is 0 Å². The van der Waals surface area contributed by atoms with E-state index >= 15 is 0 Å². The summed E-state index contributed by atoms with van der Waals surface area (Å²) < 4.78 is 15.3. The van der Waals surface area contributed by atoms with Crippen LogP contribution in [0.15, 0.2) is 66.7 Å². The van der Waals surface area contributed by atoms with E-state index in [1.54, 1.807) is 18.2 Å². The fraction of sp³-hybridized carbons (Fsp3) is 0.120. The van der Waals surface area contributed by atoms with Crippen LogP contribution >= 0.6 is 0 Å². The summed E-state index contributed by atoms with van der Waals surface area (Å²) >= 11 is 0. The summed E-state index contributed by atoms with van der Waals surface area (Å²) in [5.74, 6) is -2.28. The smallest absolute Gasteiger partial charge is 0.234 e. The molecule has 0 aromatic heterocycles. The van der Waals surface area contributed by atoms with Crippen LogP contribution in [0, 0.1) is 0 Å². The summed E-state index contributed by atoms with van der Waals surface area (Å²) in [5, 5.41) is 0. The highest BCUT2D eigenvalue weighted by Gasteiger charge is 2.27. The molecule has 162 valence electrons. The van der Waals surface area contributed by atoms with Gasteiger partial charge < -0.3 is 14.2 Å². The third-order valence-corrected chi connectivity index (χ3v) is 4.79. The largest absolute Gasteiger partial charge is 0.497 e. The van der Waals surface area contributed by atoms with Gasteiger partial charge in [0.05, 0.1) is 21.3 Å². The summed E-state index contributed by atoms with van der Waals surface area (Å²) in [4.78, 5) is 51.5. The minimum absolute atomic E-state index is 0.0370. The van der Waals surface area contributed by atoms with E-state index in [1.807, 2.05) is 0 Å². The highest BCUT2D eigenvalue weighted by molar-refractivity contribution is 6.54. The first kappa shape index (κ1) is 22.4. The number of ketones is 4. The molecule has 3 rings (SSSR count). The quantitative estimate of drug-likeness (QED) is 0.374. The maximum atomic E-state index is 13.0. The molecule has 0 heterocycles. The van der Waals surface area contributed by atoms with Gasteiger partial charge in [-0.15, -0.1) is 0 Å². The van der Waals surface area contributed by atoms with Crippen LogP contribution in [0.1, 0.15) is 41.4 Å². The Morgan fingerprint density at radius 1 is 0.500 bits per heavy atom. The first-order valence-electron chi connectivity index (χ1n) is 9.53. The second-order valence-corrected chi connectivity index (χ2v) is 6.69. The van der Waals surface area contributed by atoms with Gasteiger partial charge in [0.1, 0.15) is 17.2 Å². The Morgan fingerprint density at radius 3 is 1.38 bits per heavy atom. The number of methoxy groups -OCH3 is 3. The van der Waals surface area contributed by atoms with Gasteiger partial charge in [-0.05, 0) is 36.4 Å². The van der Waals surface area contributed by atoms with Crippen molar-refractivity contribution in [3.05, 3.63) is 89.0 Å². The number of Topliss-reactive ketones (excluding diaryl/α,β-unsaturated/α-hetero) is 4. The molecule has 0 aliphatic carbocycles. The van der Waals surface area contributed by atoms with E-state index < -0.39 is 23.1 Å². The summed E-state index contributed by atoms with van der Waals surface area (Å²) in [6, 6.07) is 16.1. The lowest BCUT2D eigenvalue weighted by Crippen LogP contribution is -2.22. The molecule has 7 nitrogen and oxygen atoms in total. The predicted octanol–water partition coefficient (Wildman–Crippen LogP) is 3.84. The Hall–Kier alpha value is -4.26. The van der Waals surface area contributed by atoms with Crippen LogP contribution in [-0.2, 0) is 0 Å². The lowest BCUT2D eigenvalue weighted by molar-refractivity contribution is 0.0801. The summed E-state index contributed by atoms with van der Waals surface area (Å²) in [5.41, 5.74) is -0.135. The van der Waals surface area contributed by atoms with Crippen LogP contribution in [0.4, 0.5) is 0 Å². The van der Waals surface area contributed by atoms with Crippen molar-refractivity contribution < 1.29 is 33.4 Å². The van der Waals surface area contributed by atoms with Gasteiger partial charge in [0.25, 0.3) is 0 Å². The maximum absolute atomic E-state index is 13.0. The van der Waals surface area contributed by atoms with Crippen molar-refractivity contribution >= 4 is 23.1 Å². The lowest BCUT2D eigenvalue weighted by atomic mass is 9.92. The van der Waals surface area contributed by atoms with Gasteiger partial charge in [-0.2, -0.15) is 0 Å². The molecule has 0 atom stereocenters. The van der Waals surface area contributed by atoms with Gasteiger partial charge in [-0.25, -0.2) is 0 Å². The van der Waals surface area contributed by atoms with Gasteiger partial charge in [-0.1, -0.05) is 24.3 Å². The monoisotopic (exact) mass is 432 g/mol. The molecule has 32 heavy (non-hydrogen) atoms. The molecular formula is C25H20O7. The average Bonchev–Trinajstić information content (AvgIpc) is 2.86. The first-order valence-corrected chi connectivity index (χ1v) is 9.53. The zero-order valence-corrected chi connectivity index (χ0v) is 17.7. The Balaban J connectivity index is 1.95. The molecule has 0 bridgehead atoms. The molecule has 0 saturated heterocycles. The molecule has 0 aliphatic rings. The van der Waals surface area contributed by atoms with Crippen molar-refractivity contribution in [2.45, 2.75) is 0 Å². The second-order valence-electron chi connectivity index (χ2n) is 6.69. The molecule has 0 amide bonds. The minimum atomic E-state index is -0.924. The topological polar surface area (TPSA) is 96.0 Å². The Bertz CT molecular complexity index is 1170. The van der Waals surface area contributed by atoms with Crippen LogP contribution in [0.3, 0.4) is 0 Å². The third-order valence-electron chi connectivity index (χ3n) is 4.79. The van der Waals surface area contributed by atoms with Crippen molar-refractivity contribution in [3.63, 3.8) is 0 Å². The number of hydrogen-bond donors (Lipinski definition) is 0. The summed E-state index contributed by atoms with van der Waals surface area (Å²) in [7, 11) is 4.33. The van der Waals surface area contributed by atoms with Gasteiger partial charge in [0, 0.05) is 28.3 Å². The first-order chi connectivity index (χ1) is 15.4. The van der Waals surface area contributed by atoms with Crippen molar-refractivity contribution in [2.24, 2.45) is 0 Å². The van der Waals surface area contributed by atoms with Crippen molar-refractivity contribution in [2.75, 3.05) is 21.3 Å². The van der Waals surface area contributed by atoms with Crippen LogP contribution < -0.4 is 14.2 Å². The zero-order chi connectivity index (χ0) is 23.3. The van der Waals surface area contributed by atoms with Gasteiger partial charge in [0.15, 0.2) is 0 Å². The van der Waals surface area contributed by atoms with Crippen LogP contribution in [-0.4, -0.2) is 44.5 Å². The van der Waals surface area contributed by atoms with Gasteiger partial charge >= 0.3 is 0 Å². The second kappa shape index (κ2) is 9.70. The number of carbonyl (C=O) groups excluding carboxylic acids is 4. The Morgan fingerprint density at radius 2 is 0.938 bits per heavy atom. The molecule has 0 spiro atoms. The Labute approximate surface area is 184 Å². The number of ether oxygens (including phenoxy) is 3. The van der Waals surface area contributed by atoms with Gasteiger partial charge in [-0.3, -0.25) is 19.2 Å². The van der Waals surface area contributed by atoms with Crippen molar-refractivity contribution in [3.8, 4) is 17.2 Å².